The zero-order valence-corrected chi connectivity index (χ0v) is 13.6. The van der Waals surface area contributed by atoms with Crippen LogP contribution in [0.2, 0.25) is 5.02 Å². The maximum absolute atomic E-state index is 6.38. The highest BCUT2D eigenvalue weighted by Gasteiger charge is 2.09. The van der Waals surface area contributed by atoms with Crippen molar-refractivity contribution in [2.45, 2.75) is 29.0 Å². The Morgan fingerprint density at radius 3 is 2.65 bits per heavy atom. The Hall–Kier alpha value is -1.03. The van der Waals surface area contributed by atoms with E-state index in [0.717, 1.165) is 19.8 Å². The normalized spacial score (nSPS) is 11.4. The van der Waals surface area contributed by atoms with Crippen molar-refractivity contribution in [2.24, 2.45) is 0 Å². The number of fused-ring (bicyclic) bond motifs is 1. The van der Waals surface area contributed by atoms with E-state index < -0.39 is 0 Å². The number of nitrogens with zero attached hydrogens (tertiary/aromatic N) is 1. The van der Waals surface area contributed by atoms with Crippen molar-refractivity contribution in [3.63, 3.8) is 0 Å². The first kappa shape index (κ1) is 13.9. The van der Waals surface area contributed by atoms with E-state index in [1.165, 1.54) is 10.3 Å². The van der Waals surface area contributed by atoms with E-state index in [4.69, 9.17) is 11.6 Å². The molecule has 0 bridgehead atoms. The van der Waals surface area contributed by atoms with Crippen molar-refractivity contribution >= 4 is 44.9 Å². The molecule has 0 unspecified atom stereocenters. The maximum Gasteiger partial charge on any atom is 0.155 e. The summed E-state index contributed by atoms with van der Waals surface area (Å²) in [6, 6.07) is 14.5. The van der Waals surface area contributed by atoms with Crippen LogP contribution in [0.3, 0.4) is 0 Å². The third-order valence-electron chi connectivity index (χ3n) is 3.09. The second-order valence-electron chi connectivity index (χ2n) is 4.89. The fourth-order valence-corrected chi connectivity index (χ4v) is 4.28. The van der Waals surface area contributed by atoms with Crippen molar-refractivity contribution in [1.82, 2.24) is 4.98 Å². The van der Waals surface area contributed by atoms with Gasteiger partial charge >= 0.3 is 0 Å². The van der Waals surface area contributed by atoms with Crippen molar-refractivity contribution < 1.29 is 0 Å². The minimum atomic E-state index is 0.494. The molecule has 1 nitrogen and oxygen atoms in total. The molecule has 1 aromatic heterocycles. The van der Waals surface area contributed by atoms with Crippen LogP contribution in [0.15, 0.2) is 51.7 Å². The first-order valence-corrected chi connectivity index (χ1v) is 8.47. The minimum absolute atomic E-state index is 0.494. The molecule has 2 aromatic carbocycles. The highest BCUT2D eigenvalue weighted by Crippen LogP contribution is 2.38. The fourth-order valence-electron chi connectivity index (χ4n) is 1.95. The van der Waals surface area contributed by atoms with Crippen LogP contribution >= 0.6 is 34.7 Å². The van der Waals surface area contributed by atoms with Crippen LogP contribution in [0.1, 0.15) is 25.3 Å². The first-order chi connectivity index (χ1) is 9.63. The summed E-state index contributed by atoms with van der Waals surface area (Å²) in [6.45, 7) is 4.35. The van der Waals surface area contributed by atoms with Gasteiger partial charge in [0.15, 0.2) is 4.34 Å². The molecule has 0 aliphatic rings. The molecule has 3 rings (SSSR count). The van der Waals surface area contributed by atoms with Gasteiger partial charge in [-0.25, -0.2) is 4.98 Å². The molecule has 0 saturated heterocycles. The predicted molar refractivity (Wildman–Crippen MR) is 89.3 cm³/mol. The molecule has 0 N–H and O–H groups in total. The Morgan fingerprint density at radius 1 is 1.15 bits per heavy atom. The zero-order valence-electron chi connectivity index (χ0n) is 11.3. The number of thiazole rings is 1. The molecule has 0 spiro atoms. The average molecular weight is 320 g/mol. The van der Waals surface area contributed by atoms with Crippen LogP contribution in [0.5, 0.6) is 0 Å². The van der Waals surface area contributed by atoms with Crippen LogP contribution in [0.25, 0.3) is 10.2 Å². The zero-order chi connectivity index (χ0) is 14.1. The standard InChI is InChI=1S/C16H14ClNS2/c1-10(2)11-7-8-14(12(17)9-11)19-16-18-13-5-3-4-6-15(13)20-16/h3-10H,1-2H3. The van der Waals surface area contributed by atoms with E-state index in [2.05, 4.69) is 43.1 Å². The Kier molecular flexibility index (Phi) is 4.01. The number of halogens is 1. The summed E-state index contributed by atoms with van der Waals surface area (Å²) in [6.07, 6.45) is 0. The van der Waals surface area contributed by atoms with E-state index in [0.29, 0.717) is 5.92 Å². The smallest absolute Gasteiger partial charge is 0.155 e. The van der Waals surface area contributed by atoms with E-state index in [-0.39, 0.29) is 0 Å². The van der Waals surface area contributed by atoms with E-state index in [1.807, 2.05) is 18.2 Å². The van der Waals surface area contributed by atoms with Gasteiger partial charge in [0.2, 0.25) is 0 Å². The van der Waals surface area contributed by atoms with Gasteiger partial charge in [-0.15, -0.1) is 11.3 Å². The molecule has 0 aliphatic heterocycles. The van der Waals surface area contributed by atoms with Crippen molar-refractivity contribution in [1.29, 1.82) is 0 Å². The maximum atomic E-state index is 6.38. The molecule has 4 heteroatoms. The van der Waals surface area contributed by atoms with Gasteiger partial charge in [0.05, 0.1) is 15.2 Å². The largest absolute Gasteiger partial charge is 0.229 e. The number of rotatable bonds is 3. The van der Waals surface area contributed by atoms with Crippen LogP contribution < -0.4 is 0 Å². The lowest BCUT2D eigenvalue weighted by Crippen LogP contribution is -1.87. The van der Waals surface area contributed by atoms with E-state index in [1.54, 1.807) is 23.1 Å². The number of aromatic nitrogens is 1. The lowest BCUT2D eigenvalue weighted by Gasteiger charge is -2.08. The summed E-state index contributed by atoms with van der Waals surface area (Å²) in [5.74, 6) is 0.494. The Balaban J connectivity index is 1.90. The molecular weight excluding hydrogens is 306 g/mol. The molecule has 0 aliphatic carbocycles. The molecule has 3 aromatic rings. The predicted octanol–water partition coefficient (Wildman–Crippen LogP) is 6.22. The second kappa shape index (κ2) is 5.76. The van der Waals surface area contributed by atoms with Gasteiger partial charge in [-0.05, 0) is 35.7 Å². The van der Waals surface area contributed by atoms with Crippen molar-refractivity contribution in [2.75, 3.05) is 0 Å². The second-order valence-corrected chi connectivity index (χ2v) is 7.62. The summed E-state index contributed by atoms with van der Waals surface area (Å²) < 4.78 is 2.25. The van der Waals surface area contributed by atoms with Gasteiger partial charge in [-0.1, -0.05) is 55.4 Å². The average Bonchev–Trinajstić information content (AvgIpc) is 2.83. The van der Waals surface area contributed by atoms with Crippen molar-refractivity contribution in [3.05, 3.63) is 53.1 Å². The number of benzene rings is 2. The topological polar surface area (TPSA) is 12.9 Å². The van der Waals surface area contributed by atoms with Gasteiger partial charge in [0.1, 0.15) is 0 Å². The van der Waals surface area contributed by atoms with Crippen LogP contribution in [-0.4, -0.2) is 4.98 Å². The van der Waals surface area contributed by atoms with Gasteiger partial charge < -0.3 is 0 Å². The summed E-state index contributed by atoms with van der Waals surface area (Å²) >= 11 is 9.72. The molecule has 0 amide bonds. The molecule has 102 valence electrons. The van der Waals surface area contributed by atoms with E-state index >= 15 is 0 Å². The highest BCUT2D eigenvalue weighted by molar-refractivity contribution is 8.01. The molecule has 0 radical (unpaired) electrons. The highest BCUT2D eigenvalue weighted by atomic mass is 35.5. The van der Waals surface area contributed by atoms with Crippen LogP contribution in [-0.2, 0) is 0 Å². The van der Waals surface area contributed by atoms with Gasteiger partial charge in [0, 0.05) is 4.90 Å². The third-order valence-corrected chi connectivity index (χ3v) is 5.69. The Labute approximate surface area is 132 Å². The quantitative estimate of drug-likeness (QED) is 0.568. The lowest BCUT2D eigenvalue weighted by molar-refractivity contribution is 0.865. The van der Waals surface area contributed by atoms with Crippen molar-refractivity contribution in [3.8, 4) is 0 Å². The fraction of sp³-hybridized carbons (Fsp3) is 0.188. The summed E-state index contributed by atoms with van der Waals surface area (Å²) in [4.78, 5) is 5.69. The number of hydrogen-bond acceptors (Lipinski definition) is 3. The Morgan fingerprint density at radius 2 is 1.95 bits per heavy atom. The minimum Gasteiger partial charge on any atom is -0.229 e. The molecule has 0 atom stereocenters. The molecule has 20 heavy (non-hydrogen) atoms. The van der Waals surface area contributed by atoms with E-state index in [9.17, 15) is 0 Å². The van der Waals surface area contributed by atoms with Crippen LogP contribution in [0, 0.1) is 0 Å². The molecular formula is C16H14ClNS2. The SMILES string of the molecule is CC(C)c1ccc(Sc2nc3ccccc3s2)c(Cl)c1. The summed E-state index contributed by atoms with van der Waals surface area (Å²) in [7, 11) is 0. The molecule has 0 saturated carbocycles. The molecule has 0 fully saturated rings. The third kappa shape index (κ3) is 2.85. The van der Waals surface area contributed by atoms with Gasteiger partial charge in [0.25, 0.3) is 0 Å². The number of hydrogen-bond donors (Lipinski definition) is 0. The first-order valence-electron chi connectivity index (χ1n) is 6.46. The lowest BCUT2D eigenvalue weighted by atomic mass is 10.0. The number of para-hydroxylation sites is 1. The monoisotopic (exact) mass is 319 g/mol. The summed E-state index contributed by atoms with van der Waals surface area (Å²) in [5, 5.41) is 0.806. The molecule has 1 heterocycles. The summed E-state index contributed by atoms with van der Waals surface area (Å²) in [5.41, 5.74) is 2.32. The van der Waals surface area contributed by atoms with Gasteiger partial charge in [-0.3, -0.25) is 0 Å². The van der Waals surface area contributed by atoms with Crippen LogP contribution in [0.4, 0.5) is 0 Å². The van der Waals surface area contributed by atoms with Gasteiger partial charge in [-0.2, -0.15) is 0 Å². The Bertz CT molecular complexity index is 716.